The minimum Gasteiger partial charge on any atom is -0.497 e. The molecule has 0 radical (unpaired) electrons. The van der Waals surface area contributed by atoms with Crippen molar-refractivity contribution in [3.05, 3.63) is 29.8 Å². The molecule has 5 nitrogen and oxygen atoms in total. The van der Waals surface area contributed by atoms with Crippen LogP contribution in [0.15, 0.2) is 24.3 Å². The van der Waals surface area contributed by atoms with Gasteiger partial charge < -0.3 is 24.1 Å². The van der Waals surface area contributed by atoms with Gasteiger partial charge in [0.2, 0.25) is 0 Å². The molecule has 2 heterocycles. The Hall–Kier alpha value is -1.14. The maximum atomic E-state index is 12.1. The Morgan fingerprint density at radius 3 is 2.67 bits per heavy atom. The molecule has 3 atom stereocenters. The number of rotatable bonds is 6. The molecule has 0 aromatic heterocycles. The minimum atomic E-state index is -1.11. The second-order valence-corrected chi connectivity index (χ2v) is 9.11. The summed E-state index contributed by atoms with van der Waals surface area (Å²) in [6, 6.07) is 7.76. The topological polar surface area (TPSA) is 57.2 Å². The second kappa shape index (κ2) is 7.70. The van der Waals surface area contributed by atoms with Crippen molar-refractivity contribution in [3.8, 4) is 5.75 Å². The van der Waals surface area contributed by atoms with E-state index in [0.717, 1.165) is 37.2 Å². The summed E-state index contributed by atoms with van der Waals surface area (Å²) in [7, 11) is 1.65. The monoisotopic (exact) mass is 378 g/mol. The molecule has 5 heteroatoms. The Bertz CT molecular complexity index is 635. The average molecular weight is 379 g/mol. The first-order valence-electron chi connectivity index (χ1n) is 9.92. The van der Waals surface area contributed by atoms with E-state index in [9.17, 15) is 5.11 Å². The van der Waals surface area contributed by atoms with Crippen LogP contribution < -0.4 is 4.74 Å². The Morgan fingerprint density at radius 1 is 1.22 bits per heavy atom. The predicted octanol–water partition coefficient (Wildman–Crippen LogP) is 4.09. The Morgan fingerprint density at radius 2 is 2.00 bits per heavy atom. The van der Waals surface area contributed by atoms with Crippen LogP contribution in [0.4, 0.5) is 0 Å². The quantitative estimate of drug-likeness (QED) is 0.808. The number of ether oxygens (including phenoxy) is 4. The average Bonchev–Trinajstić information content (AvgIpc) is 2.92. The molecule has 2 fully saturated rings. The number of aliphatic hydroxyl groups is 1. The van der Waals surface area contributed by atoms with Crippen LogP contribution >= 0.6 is 0 Å². The van der Waals surface area contributed by atoms with Gasteiger partial charge in [0.25, 0.3) is 0 Å². The summed E-state index contributed by atoms with van der Waals surface area (Å²) < 4.78 is 23.3. The fourth-order valence-electron chi connectivity index (χ4n) is 4.54. The highest BCUT2D eigenvalue weighted by Gasteiger charge is 2.63. The van der Waals surface area contributed by atoms with E-state index in [0.29, 0.717) is 13.2 Å². The molecule has 1 unspecified atom stereocenters. The van der Waals surface area contributed by atoms with E-state index in [1.54, 1.807) is 7.11 Å². The van der Waals surface area contributed by atoms with Crippen LogP contribution in [-0.4, -0.2) is 43.9 Å². The zero-order chi connectivity index (χ0) is 19.7. The van der Waals surface area contributed by atoms with Gasteiger partial charge in [-0.2, -0.15) is 0 Å². The third kappa shape index (κ3) is 3.75. The van der Waals surface area contributed by atoms with Gasteiger partial charge in [0.05, 0.1) is 20.3 Å². The maximum absolute atomic E-state index is 12.1. The van der Waals surface area contributed by atoms with Gasteiger partial charge in [0, 0.05) is 17.4 Å². The molecule has 0 bridgehead atoms. The lowest BCUT2D eigenvalue weighted by atomic mass is 9.59. The van der Waals surface area contributed by atoms with Crippen molar-refractivity contribution in [2.24, 2.45) is 10.8 Å². The summed E-state index contributed by atoms with van der Waals surface area (Å²) in [5, 5.41) is 12.1. The van der Waals surface area contributed by atoms with Gasteiger partial charge in [-0.1, -0.05) is 39.8 Å². The standard InChI is InChI=1S/C22H34O5/c1-20(2,14-26-18-11-6-7-12-25-18)22(23)19(27-15-21(22,3)4)16-9-8-10-17(13-16)24-5/h8-10,13,18-19,23H,6-7,11-12,14-15H2,1-5H3/t18?,19-,22-/m0/s1. The van der Waals surface area contributed by atoms with E-state index in [-0.39, 0.29) is 6.29 Å². The molecule has 0 aliphatic carbocycles. The Labute approximate surface area is 163 Å². The fraction of sp³-hybridized carbons (Fsp3) is 0.727. The maximum Gasteiger partial charge on any atom is 0.157 e. The third-order valence-electron chi connectivity index (χ3n) is 6.22. The Balaban J connectivity index is 1.86. The van der Waals surface area contributed by atoms with Crippen LogP contribution in [0.5, 0.6) is 5.75 Å². The molecule has 0 amide bonds. The van der Waals surface area contributed by atoms with Crippen molar-refractivity contribution in [1.29, 1.82) is 0 Å². The molecule has 2 aliphatic rings. The Kier molecular flexibility index (Phi) is 5.88. The van der Waals surface area contributed by atoms with Crippen LogP contribution in [-0.2, 0) is 14.2 Å². The van der Waals surface area contributed by atoms with Crippen molar-refractivity contribution in [2.75, 3.05) is 26.9 Å². The SMILES string of the molecule is COc1cccc([C@@H]2OCC(C)(C)[C@@]2(O)C(C)(C)COC2CCCCO2)c1. The molecule has 0 spiro atoms. The first kappa shape index (κ1) is 20.6. The highest BCUT2D eigenvalue weighted by atomic mass is 16.7. The van der Waals surface area contributed by atoms with Crippen LogP contribution in [0.3, 0.4) is 0 Å². The van der Waals surface area contributed by atoms with E-state index in [1.165, 1.54) is 0 Å². The van der Waals surface area contributed by atoms with Crippen molar-refractivity contribution in [2.45, 2.75) is 65.0 Å². The van der Waals surface area contributed by atoms with Crippen LogP contribution in [0.2, 0.25) is 0 Å². The lowest BCUT2D eigenvalue weighted by Crippen LogP contribution is -2.58. The summed E-state index contributed by atoms with van der Waals surface area (Å²) >= 11 is 0. The van der Waals surface area contributed by atoms with Gasteiger partial charge in [0.1, 0.15) is 17.5 Å². The van der Waals surface area contributed by atoms with Crippen LogP contribution in [0, 0.1) is 10.8 Å². The zero-order valence-electron chi connectivity index (χ0n) is 17.3. The van der Waals surface area contributed by atoms with E-state index >= 15 is 0 Å². The van der Waals surface area contributed by atoms with Crippen LogP contribution in [0.25, 0.3) is 0 Å². The summed E-state index contributed by atoms with van der Waals surface area (Å²) in [6.07, 6.45) is 2.49. The molecule has 1 aromatic carbocycles. The van der Waals surface area contributed by atoms with Gasteiger partial charge in [-0.3, -0.25) is 0 Å². The zero-order valence-corrected chi connectivity index (χ0v) is 17.3. The third-order valence-corrected chi connectivity index (χ3v) is 6.22. The first-order chi connectivity index (χ1) is 12.7. The summed E-state index contributed by atoms with van der Waals surface area (Å²) in [4.78, 5) is 0. The number of hydrogen-bond donors (Lipinski definition) is 1. The molecular formula is C22H34O5. The van der Waals surface area contributed by atoms with Crippen molar-refractivity contribution < 1.29 is 24.1 Å². The predicted molar refractivity (Wildman–Crippen MR) is 104 cm³/mol. The number of benzene rings is 1. The molecular weight excluding hydrogens is 344 g/mol. The summed E-state index contributed by atoms with van der Waals surface area (Å²) in [6.45, 7) is 9.86. The van der Waals surface area contributed by atoms with Gasteiger partial charge in [-0.05, 0) is 37.0 Å². The lowest BCUT2D eigenvalue weighted by molar-refractivity contribution is -0.221. The molecule has 2 saturated heterocycles. The summed E-state index contributed by atoms with van der Waals surface area (Å²) in [5.41, 5.74) is -1.16. The molecule has 3 rings (SSSR count). The molecule has 0 saturated carbocycles. The smallest absolute Gasteiger partial charge is 0.157 e. The van der Waals surface area contributed by atoms with Gasteiger partial charge in [-0.15, -0.1) is 0 Å². The first-order valence-corrected chi connectivity index (χ1v) is 9.92. The molecule has 2 aliphatic heterocycles. The highest BCUT2D eigenvalue weighted by Crippen LogP contribution is 2.58. The van der Waals surface area contributed by atoms with Crippen LogP contribution in [0.1, 0.15) is 58.6 Å². The second-order valence-electron chi connectivity index (χ2n) is 9.11. The summed E-state index contributed by atoms with van der Waals surface area (Å²) in [5.74, 6) is 0.757. The lowest BCUT2D eigenvalue weighted by Gasteiger charge is -2.50. The van der Waals surface area contributed by atoms with E-state index in [2.05, 4.69) is 27.7 Å². The highest BCUT2D eigenvalue weighted by molar-refractivity contribution is 5.33. The van der Waals surface area contributed by atoms with Crippen molar-refractivity contribution in [1.82, 2.24) is 0 Å². The molecule has 152 valence electrons. The minimum absolute atomic E-state index is 0.178. The van der Waals surface area contributed by atoms with Crippen molar-refractivity contribution in [3.63, 3.8) is 0 Å². The number of hydrogen-bond acceptors (Lipinski definition) is 5. The van der Waals surface area contributed by atoms with E-state index in [4.69, 9.17) is 18.9 Å². The van der Waals surface area contributed by atoms with Gasteiger partial charge >= 0.3 is 0 Å². The van der Waals surface area contributed by atoms with E-state index in [1.807, 2.05) is 24.3 Å². The van der Waals surface area contributed by atoms with Crippen molar-refractivity contribution >= 4 is 0 Å². The fourth-order valence-corrected chi connectivity index (χ4v) is 4.54. The van der Waals surface area contributed by atoms with E-state index < -0.39 is 22.5 Å². The van der Waals surface area contributed by atoms with Gasteiger partial charge in [0.15, 0.2) is 6.29 Å². The number of methoxy groups -OCH3 is 1. The van der Waals surface area contributed by atoms with Gasteiger partial charge in [-0.25, -0.2) is 0 Å². The molecule has 1 N–H and O–H groups in total. The normalized spacial score (nSPS) is 31.0. The molecule has 1 aromatic rings. The molecule has 27 heavy (non-hydrogen) atoms. The largest absolute Gasteiger partial charge is 0.497 e.